The molecule has 6 heteroatoms. The third-order valence-electron chi connectivity index (χ3n) is 3.32. The van der Waals surface area contributed by atoms with Crippen LogP contribution < -0.4 is 10.6 Å². The monoisotopic (exact) mass is 320 g/mol. The second-order valence-electron chi connectivity index (χ2n) is 5.33. The lowest BCUT2D eigenvalue weighted by atomic mass is 10.1. The van der Waals surface area contributed by atoms with Crippen LogP contribution in [-0.2, 0) is 16.1 Å². The summed E-state index contributed by atoms with van der Waals surface area (Å²) in [5.41, 5.74) is 1.44. The largest absolute Gasteiger partial charge is 0.481 e. The molecule has 0 fully saturated rings. The number of benzene rings is 1. The average Bonchev–Trinajstić information content (AvgIpc) is 2.55. The molecule has 0 heterocycles. The lowest BCUT2D eigenvalue weighted by molar-refractivity contribution is -0.137. The van der Waals surface area contributed by atoms with Gasteiger partial charge in [-0.05, 0) is 30.5 Å². The molecule has 1 aromatic carbocycles. The lowest BCUT2D eigenvalue weighted by Crippen LogP contribution is -2.25. The summed E-state index contributed by atoms with van der Waals surface area (Å²) in [7, 11) is 0. The fourth-order valence-corrected chi connectivity index (χ4v) is 1.94. The molecule has 6 nitrogen and oxygen atoms in total. The number of carboxylic acid groups (broad SMARTS) is 1. The lowest BCUT2D eigenvalue weighted by Gasteiger charge is -2.07. The predicted molar refractivity (Wildman–Crippen MR) is 87.0 cm³/mol. The fourth-order valence-electron chi connectivity index (χ4n) is 1.94. The Morgan fingerprint density at radius 3 is 2.30 bits per heavy atom. The van der Waals surface area contributed by atoms with Crippen LogP contribution >= 0.6 is 0 Å². The smallest absolute Gasteiger partial charge is 0.303 e. The first kappa shape index (κ1) is 18.7. The number of carbonyl (C=O) groups excluding carboxylic acids is 2. The van der Waals surface area contributed by atoms with Crippen LogP contribution in [0.5, 0.6) is 0 Å². The molecule has 23 heavy (non-hydrogen) atoms. The number of nitrogens with one attached hydrogen (secondary N) is 2. The van der Waals surface area contributed by atoms with Gasteiger partial charge in [0.15, 0.2) is 0 Å². The minimum absolute atomic E-state index is 0.0344. The van der Waals surface area contributed by atoms with E-state index in [4.69, 9.17) is 5.11 Å². The van der Waals surface area contributed by atoms with Gasteiger partial charge in [-0.3, -0.25) is 14.4 Å². The first-order valence-corrected chi connectivity index (χ1v) is 7.88. The summed E-state index contributed by atoms with van der Waals surface area (Å²) in [5, 5.41) is 14.0. The summed E-state index contributed by atoms with van der Waals surface area (Å²) < 4.78 is 0. The van der Waals surface area contributed by atoms with Gasteiger partial charge in [0, 0.05) is 31.5 Å². The van der Waals surface area contributed by atoms with Crippen molar-refractivity contribution in [1.82, 2.24) is 10.6 Å². The van der Waals surface area contributed by atoms with Crippen LogP contribution in [0.2, 0.25) is 0 Å². The van der Waals surface area contributed by atoms with Gasteiger partial charge in [-0.25, -0.2) is 0 Å². The van der Waals surface area contributed by atoms with Crippen molar-refractivity contribution in [2.24, 2.45) is 0 Å². The van der Waals surface area contributed by atoms with Crippen molar-refractivity contribution in [3.63, 3.8) is 0 Å². The van der Waals surface area contributed by atoms with Gasteiger partial charge in [0.05, 0.1) is 0 Å². The van der Waals surface area contributed by atoms with Crippen molar-refractivity contribution in [3.8, 4) is 0 Å². The molecule has 0 aliphatic rings. The van der Waals surface area contributed by atoms with Crippen LogP contribution in [0.15, 0.2) is 24.3 Å². The van der Waals surface area contributed by atoms with Crippen molar-refractivity contribution < 1.29 is 19.5 Å². The molecule has 0 unspecified atom stereocenters. The van der Waals surface area contributed by atoms with Gasteiger partial charge in [-0.15, -0.1) is 0 Å². The van der Waals surface area contributed by atoms with Gasteiger partial charge in [-0.1, -0.05) is 25.5 Å². The molecular formula is C17H24N2O4. The molecular weight excluding hydrogens is 296 g/mol. The van der Waals surface area contributed by atoms with E-state index in [1.807, 2.05) is 6.92 Å². The maximum Gasteiger partial charge on any atom is 0.303 e. The van der Waals surface area contributed by atoms with E-state index < -0.39 is 5.97 Å². The number of hydrogen-bond donors (Lipinski definition) is 3. The fraction of sp³-hybridized carbons (Fsp3) is 0.471. The molecule has 0 bridgehead atoms. The SMILES string of the molecule is CCCCC(=O)NCc1ccc(C(=O)NCCCC(=O)O)cc1. The van der Waals surface area contributed by atoms with E-state index in [1.165, 1.54) is 0 Å². The molecule has 3 N–H and O–H groups in total. The van der Waals surface area contributed by atoms with Crippen LogP contribution in [0.3, 0.4) is 0 Å². The third-order valence-corrected chi connectivity index (χ3v) is 3.32. The average molecular weight is 320 g/mol. The second kappa shape index (κ2) is 10.4. The molecule has 0 saturated heterocycles. The van der Waals surface area contributed by atoms with E-state index in [0.717, 1.165) is 18.4 Å². The highest BCUT2D eigenvalue weighted by Crippen LogP contribution is 2.05. The van der Waals surface area contributed by atoms with Gasteiger partial charge in [0.1, 0.15) is 0 Å². The number of hydrogen-bond acceptors (Lipinski definition) is 3. The number of aliphatic carboxylic acids is 1. The van der Waals surface area contributed by atoms with Gasteiger partial charge in [0.25, 0.3) is 5.91 Å². The molecule has 0 atom stereocenters. The molecule has 2 amide bonds. The number of unbranched alkanes of at least 4 members (excludes halogenated alkanes) is 1. The minimum atomic E-state index is -0.871. The molecule has 0 aliphatic carbocycles. The summed E-state index contributed by atoms with van der Waals surface area (Å²) in [6.45, 7) is 2.82. The van der Waals surface area contributed by atoms with E-state index in [0.29, 0.717) is 31.5 Å². The zero-order valence-corrected chi connectivity index (χ0v) is 13.4. The van der Waals surface area contributed by atoms with E-state index in [-0.39, 0.29) is 18.2 Å². The standard InChI is InChI=1S/C17H24N2O4/c1-2-3-5-15(20)19-12-13-7-9-14(10-8-13)17(23)18-11-4-6-16(21)22/h7-10H,2-6,11-12H2,1H3,(H,18,23)(H,19,20)(H,21,22). The van der Waals surface area contributed by atoms with Gasteiger partial charge >= 0.3 is 5.97 Å². The Bertz CT molecular complexity index is 526. The van der Waals surface area contributed by atoms with Gasteiger partial charge in [-0.2, -0.15) is 0 Å². The van der Waals surface area contributed by atoms with Gasteiger partial charge < -0.3 is 15.7 Å². The topological polar surface area (TPSA) is 95.5 Å². The summed E-state index contributed by atoms with van der Waals surface area (Å²) >= 11 is 0. The van der Waals surface area contributed by atoms with Crippen molar-refractivity contribution in [2.45, 2.75) is 45.6 Å². The molecule has 0 spiro atoms. The third kappa shape index (κ3) is 7.99. The second-order valence-corrected chi connectivity index (χ2v) is 5.33. The maximum absolute atomic E-state index is 11.9. The Morgan fingerprint density at radius 1 is 1.00 bits per heavy atom. The quantitative estimate of drug-likeness (QED) is 0.575. The summed E-state index contributed by atoms with van der Waals surface area (Å²) in [6, 6.07) is 6.98. The molecule has 0 aromatic heterocycles. The number of carbonyl (C=O) groups is 3. The molecule has 1 rings (SSSR count). The van der Waals surface area contributed by atoms with Crippen LogP contribution in [-0.4, -0.2) is 29.4 Å². The Labute approximate surface area is 136 Å². The number of amides is 2. The zero-order chi connectivity index (χ0) is 17.1. The normalized spacial score (nSPS) is 10.1. The Hall–Kier alpha value is -2.37. The zero-order valence-electron chi connectivity index (χ0n) is 13.4. The number of rotatable bonds is 10. The van der Waals surface area contributed by atoms with Crippen molar-refractivity contribution in [2.75, 3.05) is 6.54 Å². The summed E-state index contributed by atoms with van der Waals surface area (Å²) in [6.07, 6.45) is 2.85. The minimum Gasteiger partial charge on any atom is -0.481 e. The summed E-state index contributed by atoms with van der Waals surface area (Å²) in [4.78, 5) is 33.8. The highest BCUT2D eigenvalue weighted by Gasteiger charge is 2.06. The van der Waals surface area contributed by atoms with Crippen LogP contribution in [0.25, 0.3) is 0 Å². The van der Waals surface area contributed by atoms with Crippen LogP contribution in [0, 0.1) is 0 Å². The first-order valence-electron chi connectivity index (χ1n) is 7.88. The number of carboxylic acids is 1. The molecule has 0 aliphatic heterocycles. The van der Waals surface area contributed by atoms with Crippen LogP contribution in [0.1, 0.15) is 54.9 Å². The van der Waals surface area contributed by atoms with E-state index in [9.17, 15) is 14.4 Å². The first-order chi connectivity index (χ1) is 11.0. The highest BCUT2D eigenvalue weighted by atomic mass is 16.4. The van der Waals surface area contributed by atoms with Crippen molar-refractivity contribution in [1.29, 1.82) is 0 Å². The Kier molecular flexibility index (Phi) is 8.42. The molecule has 126 valence electrons. The van der Waals surface area contributed by atoms with E-state index in [1.54, 1.807) is 24.3 Å². The molecule has 1 aromatic rings. The highest BCUT2D eigenvalue weighted by molar-refractivity contribution is 5.94. The van der Waals surface area contributed by atoms with Crippen LogP contribution in [0.4, 0.5) is 0 Å². The van der Waals surface area contributed by atoms with Crippen molar-refractivity contribution in [3.05, 3.63) is 35.4 Å². The van der Waals surface area contributed by atoms with E-state index >= 15 is 0 Å². The summed E-state index contributed by atoms with van der Waals surface area (Å²) in [5.74, 6) is -1.06. The van der Waals surface area contributed by atoms with Gasteiger partial charge in [0.2, 0.25) is 5.91 Å². The molecule has 0 radical (unpaired) electrons. The predicted octanol–water partition coefficient (Wildman–Crippen LogP) is 2.09. The van der Waals surface area contributed by atoms with Crippen molar-refractivity contribution >= 4 is 17.8 Å². The maximum atomic E-state index is 11.9. The van der Waals surface area contributed by atoms with E-state index in [2.05, 4.69) is 10.6 Å². The Balaban J connectivity index is 2.36. The Morgan fingerprint density at radius 2 is 1.70 bits per heavy atom. The molecule has 0 saturated carbocycles.